The van der Waals surface area contributed by atoms with Crippen LogP contribution in [-0.2, 0) is 4.74 Å². The van der Waals surface area contributed by atoms with Crippen molar-refractivity contribution >= 4 is 17.6 Å². The lowest BCUT2D eigenvalue weighted by Crippen LogP contribution is -2.44. The van der Waals surface area contributed by atoms with Gasteiger partial charge in [-0.1, -0.05) is 12.1 Å². The van der Waals surface area contributed by atoms with Crippen LogP contribution in [0.25, 0.3) is 0 Å². The van der Waals surface area contributed by atoms with Crippen LogP contribution in [0.2, 0.25) is 0 Å². The quantitative estimate of drug-likeness (QED) is 0.800. The number of carbonyl (C=O) groups excluding carboxylic acids is 1. The van der Waals surface area contributed by atoms with Crippen molar-refractivity contribution in [2.24, 2.45) is 15.8 Å². The molecule has 1 aromatic carbocycles. The Morgan fingerprint density at radius 1 is 1.21 bits per heavy atom. The van der Waals surface area contributed by atoms with E-state index in [1.165, 1.54) is 0 Å². The molecule has 1 aromatic rings. The molecular formula is C20H27N7O2. The van der Waals surface area contributed by atoms with E-state index in [1.807, 2.05) is 43.3 Å². The van der Waals surface area contributed by atoms with Gasteiger partial charge in [-0.2, -0.15) is 0 Å². The van der Waals surface area contributed by atoms with E-state index in [4.69, 9.17) is 15.5 Å². The Balaban J connectivity index is 1.59. The van der Waals surface area contributed by atoms with Gasteiger partial charge in [0.05, 0.1) is 12.3 Å². The van der Waals surface area contributed by atoms with Crippen LogP contribution < -0.4 is 5.73 Å². The van der Waals surface area contributed by atoms with Crippen LogP contribution in [0.15, 0.2) is 45.9 Å². The topological polar surface area (TPSA) is 90.0 Å². The highest BCUT2D eigenvalue weighted by Crippen LogP contribution is 2.27. The van der Waals surface area contributed by atoms with E-state index in [1.54, 1.807) is 24.0 Å². The lowest BCUT2D eigenvalue weighted by Gasteiger charge is -2.32. The summed E-state index contributed by atoms with van der Waals surface area (Å²) >= 11 is 0. The van der Waals surface area contributed by atoms with Crippen molar-refractivity contribution in [3.63, 3.8) is 0 Å². The lowest BCUT2D eigenvalue weighted by molar-refractivity contribution is 0.0827. The minimum Gasteiger partial charge on any atom is -0.432 e. The first-order valence-electron chi connectivity index (χ1n) is 9.68. The van der Waals surface area contributed by atoms with E-state index in [-0.39, 0.29) is 5.91 Å². The Kier molecular flexibility index (Phi) is 4.81. The Hall–Kier alpha value is -3.23. The fourth-order valence-corrected chi connectivity index (χ4v) is 3.41. The normalized spacial score (nSPS) is 21.5. The van der Waals surface area contributed by atoms with Gasteiger partial charge in [-0.15, -0.1) is 5.10 Å². The molecule has 3 heterocycles. The smallest absolute Gasteiger partial charge is 0.311 e. The average molecular weight is 397 g/mol. The van der Waals surface area contributed by atoms with Crippen molar-refractivity contribution in [3.05, 3.63) is 46.9 Å². The number of carbonyl (C=O) groups is 1. The minimum absolute atomic E-state index is 0.0271. The molecule has 9 nitrogen and oxygen atoms in total. The first-order chi connectivity index (χ1) is 13.8. The Morgan fingerprint density at radius 3 is 2.48 bits per heavy atom. The standard InChI is InChI=1S/C20H27N7O2/c1-24(2)18(28)14-8-6-13(7-9-14)15-12-25(3)17(21)16(22-15)19-26(4)23-20(29-19)27-10-5-11-27/h6-9,19H,5,10-12,21H2,1-4H3. The van der Waals surface area contributed by atoms with E-state index in [0.29, 0.717) is 29.6 Å². The molecule has 154 valence electrons. The Labute approximate surface area is 170 Å². The molecule has 1 atom stereocenters. The summed E-state index contributed by atoms with van der Waals surface area (Å²) in [6.45, 7) is 2.49. The number of rotatable bonds is 3. The highest BCUT2D eigenvalue weighted by molar-refractivity contribution is 6.04. The van der Waals surface area contributed by atoms with Gasteiger partial charge in [0.15, 0.2) is 0 Å². The number of hydrazone groups is 1. The second-order valence-corrected chi connectivity index (χ2v) is 7.73. The van der Waals surface area contributed by atoms with E-state index in [0.717, 1.165) is 30.8 Å². The molecule has 2 N–H and O–H groups in total. The van der Waals surface area contributed by atoms with Crippen molar-refractivity contribution in [2.45, 2.75) is 12.6 Å². The molecule has 1 fully saturated rings. The first kappa shape index (κ1) is 19.1. The second-order valence-electron chi connectivity index (χ2n) is 7.73. The number of nitrogens with zero attached hydrogens (tertiary/aromatic N) is 6. The third-order valence-corrected chi connectivity index (χ3v) is 5.35. The molecule has 29 heavy (non-hydrogen) atoms. The highest BCUT2D eigenvalue weighted by atomic mass is 16.5. The van der Waals surface area contributed by atoms with E-state index in [2.05, 4.69) is 10.0 Å². The predicted octanol–water partition coefficient (Wildman–Crippen LogP) is 0.516. The molecule has 0 saturated carbocycles. The third-order valence-electron chi connectivity index (χ3n) is 5.35. The molecule has 1 saturated heterocycles. The van der Waals surface area contributed by atoms with Gasteiger partial charge >= 0.3 is 6.02 Å². The maximum Gasteiger partial charge on any atom is 0.311 e. The summed E-state index contributed by atoms with van der Waals surface area (Å²) in [5.74, 6) is 0.547. The number of amidine groups is 1. The van der Waals surface area contributed by atoms with E-state index in [9.17, 15) is 4.79 Å². The van der Waals surface area contributed by atoms with Gasteiger partial charge < -0.3 is 25.2 Å². The van der Waals surface area contributed by atoms with Crippen LogP contribution in [0.3, 0.4) is 0 Å². The summed E-state index contributed by atoms with van der Waals surface area (Å²) in [6.07, 6.45) is 0.692. The number of amides is 1. The molecule has 0 spiro atoms. The molecule has 0 bridgehead atoms. The van der Waals surface area contributed by atoms with Gasteiger partial charge in [-0.05, 0) is 24.1 Å². The number of likely N-dealkylation sites (N-methyl/N-ethyl adjacent to an activating group) is 2. The van der Waals surface area contributed by atoms with Crippen molar-refractivity contribution in [3.8, 4) is 0 Å². The fourth-order valence-electron chi connectivity index (χ4n) is 3.41. The molecule has 3 aliphatic rings. The van der Waals surface area contributed by atoms with Gasteiger partial charge in [-0.25, -0.2) is 4.99 Å². The Morgan fingerprint density at radius 2 is 1.90 bits per heavy atom. The van der Waals surface area contributed by atoms with Crippen LogP contribution in [-0.4, -0.2) is 91.4 Å². The molecule has 1 amide bonds. The first-order valence-corrected chi connectivity index (χ1v) is 9.68. The Bertz CT molecular complexity index is 900. The summed E-state index contributed by atoms with van der Waals surface area (Å²) in [7, 11) is 7.28. The van der Waals surface area contributed by atoms with Crippen molar-refractivity contribution in [1.82, 2.24) is 19.7 Å². The van der Waals surface area contributed by atoms with Gasteiger partial charge in [0.2, 0.25) is 6.23 Å². The van der Waals surface area contributed by atoms with Crippen molar-refractivity contribution < 1.29 is 9.53 Å². The molecule has 4 rings (SSSR count). The summed E-state index contributed by atoms with van der Waals surface area (Å²) in [5, 5.41) is 6.26. The van der Waals surface area contributed by atoms with Crippen LogP contribution in [0.1, 0.15) is 22.3 Å². The van der Waals surface area contributed by atoms with Gasteiger partial charge in [-0.3, -0.25) is 9.80 Å². The monoisotopic (exact) mass is 397 g/mol. The van der Waals surface area contributed by atoms with Crippen LogP contribution in [0.4, 0.5) is 0 Å². The molecule has 0 aliphatic carbocycles. The second kappa shape index (κ2) is 7.31. The number of likely N-dealkylation sites (tertiary alicyclic amines) is 1. The third kappa shape index (κ3) is 3.48. The zero-order chi connectivity index (χ0) is 20.7. The SMILES string of the molecule is CN(C)C(=O)c1ccc(C2=NC(C3OC(N4CCC4)=NN3C)=C(N)N(C)C2)cc1. The molecule has 1 unspecified atom stereocenters. The highest BCUT2D eigenvalue weighted by Gasteiger charge is 2.37. The maximum absolute atomic E-state index is 12.1. The summed E-state index contributed by atoms with van der Waals surface area (Å²) in [4.78, 5) is 22.6. The number of nitrogens with two attached hydrogens (primary N) is 1. The average Bonchev–Trinajstić information content (AvgIpc) is 3.02. The van der Waals surface area contributed by atoms with Gasteiger partial charge in [0.25, 0.3) is 5.91 Å². The van der Waals surface area contributed by atoms with Gasteiger partial charge in [0.1, 0.15) is 11.5 Å². The summed E-state index contributed by atoms with van der Waals surface area (Å²) in [5.41, 5.74) is 9.45. The minimum atomic E-state index is -0.460. The van der Waals surface area contributed by atoms with Gasteiger partial charge in [0, 0.05) is 46.8 Å². The molecular weight excluding hydrogens is 370 g/mol. The molecule has 3 aliphatic heterocycles. The predicted molar refractivity (Wildman–Crippen MR) is 111 cm³/mol. The van der Waals surface area contributed by atoms with Crippen molar-refractivity contribution in [1.29, 1.82) is 0 Å². The van der Waals surface area contributed by atoms with Crippen LogP contribution in [0, 0.1) is 0 Å². The van der Waals surface area contributed by atoms with Crippen LogP contribution in [0.5, 0.6) is 0 Å². The maximum atomic E-state index is 12.1. The summed E-state index contributed by atoms with van der Waals surface area (Å²) < 4.78 is 6.08. The number of hydrogen-bond donors (Lipinski definition) is 1. The zero-order valence-electron chi connectivity index (χ0n) is 17.3. The zero-order valence-corrected chi connectivity index (χ0v) is 17.3. The summed E-state index contributed by atoms with van der Waals surface area (Å²) in [6, 6.07) is 8.11. The number of benzene rings is 1. The fraction of sp³-hybridized carbons (Fsp3) is 0.450. The van der Waals surface area contributed by atoms with Crippen LogP contribution >= 0.6 is 0 Å². The van der Waals surface area contributed by atoms with E-state index >= 15 is 0 Å². The molecule has 0 aromatic heterocycles. The number of aliphatic imine (C=N–C) groups is 1. The lowest BCUT2D eigenvalue weighted by atomic mass is 10.0. The van der Waals surface area contributed by atoms with Crippen molar-refractivity contribution in [2.75, 3.05) is 47.8 Å². The molecule has 0 radical (unpaired) electrons. The number of ether oxygens (including phenoxy) is 1. The number of hydrogen-bond acceptors (Lipinski definition) is 8. The van der Waals surface area contributed by atoms with E-state index < -0.39 is 6.23 Å². The molecule has 9 heteroatoms. The largest absolute Gasteiger partial charge is 0.432 e.